The lowest BCUT2D eigenvalue weighted by atomic mass is 10.1. The van der Waals surface area contributed by atoms with E-state index < -0.39 is 23.8 Å². The summed E-state index contributed by atoms with van der Waals surface area (Å²) in [6.07, 6.45) is -1.86. The van der Waals surface area contributed by atoms with Crippen molar-refractivity contribution in [3.05, 3.63) is 26.6 Å². The van der Waals surface area contributed by atoms with E-state index in [4.69, 9.17) is 10.5 Å². The van der Waals surface area contributed by atoms with Crippen LogP contribution in [0.5, 0.6) is 5.75 Å². The first-order valence-electron chi connectivity index (χ1n) is 11.1. The van der Waals surface area contributed by atoms with Gasteiger partial charge < -0.3 is 25.9 Å². The lowest BCUT2D eigenvalue weighted by molar-refractivity contribution is -0.199. The van der Waals surface area contributed by atoms with Gasteiger partial charge in [0.1, 0.15) is 11.5 Å². The summed E-state index contributed by atoms with van der Waals surface area (Å²) in [4.78, 5) is 38.5. The van der Waals surface area contributed by atoms with Crippen LogP contribution in [0.1, 0.15) is 44.6 Å². The van der Waals surface area contributed by atoms with Crippen LogP contribution >= 0.6 is 31.9 Å². The second-order valence-electron chi connectivity index (χ2n) is 7.62. The van der Waals surface area contributed by atoms with Crippen molar-refractivity contribution in [2.75, 3.05) is 26.2 Å². The molecule has 0 fully saturated rings. The van der Waals surface area contributed by atoms with Gasteiger partial charge in [-0.15, -0.1) is 0 Å². The molecular formula is C22H29Br2F3N4O5. The lowest BCUT2D eigenvalue weighted by Crippen LogP contribution is -2.34. The first-order chi connectivity index (χ1) is 17.0. The molecule has 1 aromatic rings. The van der Waals surface area contributed by atoms with E-state index >= 15 is 0 Å². The molecule has 0 heterocycles. The molecule has 202 valence electrons. The largest absolute Gasteiger partial charge is 0.493 e. The van der Waals surface area contributed by atoms with Gasteiger partial charge in [-0.1, -0.05) is 18.0 Å². The molecule has 14 heteroatoms. The Hall–Kier alpha value is -2.19. The highest BCUT2D eigenvalue weighted by Crippen LogP contribution is 2.35. The van der Waals surface area contributed by atoms with Gasteiger partial charge in [0, 0.05) is 26.4 Å². The van der Waals surface area contributed by atoms with E-state index in [1.807, 2.05) is 0 Å². The number of carbonyl (C=O) groups excluding carboxylic acids is 3. The number of nitrogens with one attached hydrogen (secondary N) is 2. The Morgan fingerprint density at radius 2 is 1.58 bits per heavy atom. The van der Waals surface area contributed by atoms with Gasteiger partial charge in [-0.3, -0.25) is 9.59 Å². The zero-order valence-corrected chi connectivity index (χ0v) is 22.9. The number of rotatable bonds is 15. The van der Waals surface area contributed by atoms with Gasteiger partial charge >= 0.3 is 12.1 Å². The number of ether oxygens (including phenoxy) is 1. The molecule has 0 atom stereocenters. The summed E-state index contributed by atoms with van der Waals surface area (Å²) in [6.45, 7) is 3.07. The molecular weight excluding hydrogens is 617 g/mol. The third-order valence-corrected chi connectivity index (χ3v) is 5.70. The fourth-order valence-corrected chi connectivity index (χ4v) is 4.29. The summed E-state index contributed by atoms with van der Waals surface area (Å²) >= 11 is 6.73. The van der Waals surface area contributed by atoms with Crippen LogP contribution in [0.2, 0.25) is 0 Å². The number of nitrogens with two attached hydrogens (primary N) is 1. The fourth-order valence-electron chi connectivity index (χ4n) is 2.78. The summed E-state index contributed by atoms with van der Waals surface area (Å²) in [5, 5.41) is 8.47. The third kappa shape index (κ3) is 12.7. The minimum absolute atomic E-state index is 0.104. The van der Waals surface area contributed by atoms with Crippen LogP contribution in [0, 0.1) is 0 Å². The highest BCUT2D eigenvalue weighted by Gasteiger charge is 2.42. The molecule has 0 unspecified atom stereocenters. The number of alkyl halides is 3. The summed E-state index contributed by atoms with van der Waals surface area (Å²) < 4.78 is 44.3. The highest BCUT2D eigenvalue weighted by atomic mass is 79.9. The van der Waals surface area contributed by atoms with Gasteiger partial charge in [0.15, 0.2) is 0 Å². The van der Waals surface area contributed by atoms with Crippen molar-refractivity contribution in [1.29, 1.82) is 0 Å². The average Bonchev–Trinajstić information content (AvgIpc) is 2.78. The summed E-state index contributed by atoms with van der Waals surface area (Å²) in [5.74, 6) is -2.90. The number of hydrogen-bond donors (Lipinski definition) is 3. The van der Waals surface area contributed by atoms with Gasteiger partial charge in [-0.2, -0.15) is 13.2 Å². The SMILES string of the molecule is CC(=O)NCCCCCCNC(=O)C(Cc1cc(Br)c(OCCCN)c(Br)c1)=NOC(=O)C(F)(F)F. The molecule has 1 rings (SSSR count). The van der Waals surface area contributed by atoms with Gasteiger partial charge in [-0.05, 0) is 75.4 Å². The van der Waals surface area contributed by atoms with Crippen LogP contribution in [-0.2, 0) is 25.6 Å². The average molecular weight is 646 g/mol. The molecule has 2 amide bonds. The Kier molecular flexibility index (Phi) is 14.6. The molecule has 0 aliphatic carbocycles. The van der Waals surface area contributed by atoms with Crippen LogP contribution < -0.4 is 21.1 Å². The molecule has 0 radical (unpaired) electrons. The molecule has 0 saturated heterocycles. The number of amides is 2. The zero-order chi connectivity index (χ0) is 27.1. The topological polar surface area (TPSA) is 132 Å². The van der Waals surface area contributed by atoms with Crippen LogP contribution in [0.15, 0.2) is 26.2 Å². The second-order valence-corrected chi connectivity index (χ2v) is 9.33. The number of unbranched alkanes of at least 4 members (excludes halogenated alkanes) is 3. The smallest absolute Gasteiger partial charge is 0.491 e. The maximum absolute atomic E-state index is 12.6. The summed E-state index contributed by atoms with van der Waals surface area (Å²) in [5.41, 5.74) is 5.55. The Morgan fingerprint density at radius 1 is 1.00 bits per heavy atom. The van der Waals surface area contributed by atoms with Crippen molar-refractivity contribution in [3.63, 3.8) is 0 Å². The first kappa shape index (κ1) is 31.8. The minimum Gasteiger partial charge on any atom is -0.491 e. The quantitative estimate of drug-likeness (QED) is 0.115. The Morgan fingerprint density at radius 3 is 2.11 bits per heavy atom. The fraction of sp³-hybridized carbons (Fsp3) is 0.545. The van der Waals surface area contributed by atoms with Crippen LogP contribution in [0.25, 0.3) is 0 Å². The maximum Gasteiger partial charge on any atom is 0.493 e. The van der Waals surface area contributed by atoms with Crippen molar-refractivity contribution in [2.45, 2.75) is 51.6 Å². The number of benzene rings is 1. The number of nitrogens with zero attached hydrogens (tertiary/aromatic N) is 1. The molecule has 4 N–H and O–H groups in total. The standard InChI is InChI=1S/C22H29Br2F3N4O5/c1-14(32)29-8-4-2-3-5-9-30-20(33)18(31-36-21(34)22(25,26)27)13-15-11-16(23)19(17(24)12-15)35-10-6-7-28/h11-12H,2-10,13,28H2,1H3,(H,29,32)(H,30,33). The number of hydrogen-bond acceptors (Lipinski definition) is 7. The van der Waals surface area contributed by atoms with Crippen molar-refractivity contribution in [2.24, 2.45) is 10.9 Å². The highest BCUT2D eigenvalue weighted by molar-refractivity contribution is 9.11. The molecule has 1 aromatic carbocycles. The predicted molar refractivity (Wildman–Crippen MR) is 134 cm³/mol. The van der Waals surface area contributed by atoms with E-state index in [1.54, 1.807) is 12.1 Å². The lowest BCUT2D eigenvalue weighted by Gasteiger charge is -2.13. The first-order valence-corrected chi connectivity index (χ1v) is 12.7. The van der Waals surface area contributed by atoms with E-state index in [1.165, 1.54) is 6.92 Å². The number of oxime groups is 1. The monoisotopic (exact) mass is 644 g/mol. The Labute approximate surface area is 224 Å². The summed E-state index contributed by atoms with van der Waals surface area (Å²) in [7, 11) is 0. The van der Waals surface area contributed by atoms with Crippen molar-refractivity contribution in [3.8, 4) is 5.75 Å². The third-order valence-electron chi connectivity index (χ3n) is 4.52. The molecule has 0 aliphatic heterocycles. The predicted octanol–water partition coefficient (Wildman–Crippen LogP) is 3.76. The second kappa shape index (κ2) is 16.5. The zero-order valence-electron chi connectivity index (χ0n) is 19.7. The van der Waals surface area contributed by atoms with Gasteiger partial charge in [0.2, 0.25) is 5.91 Å². The van der Waals surface area contributed by atoms with Gasteiger partial charge in [0.05, 0.1) is 15.6 Å². The maximum atomic E-state index is 12.6. The van der Waals surface area contributed by atoms with E-state index in [9.17, 15) is 27.6 Å². The molecule has 36 heavy (non-hydrogen) atoms. The van der Waals surface area contributed by atoms with Gasteiger partial charge in [0.25, 0.3) is 5.91 Å². The van der Waals surface area contributed by atoms with Crippen molar-refractivity contribution in [1.82, 2.24) is 10.6 Å². The molecule has 0 saturated carbocycles. The normalized spacial score (nSPS) is 11.7. The Balaban J connectivity index is 2.83. The van der Waals surface area contributed by atoms with Crippen LogP contribution in [0.3, 0.4) is 0 Å². The molecule has 0 bridgehead atoms. The molecule has 0 aliphatic rings. The van der Waals surface area contributed by atoms with Crippen molar-refractivity contribution < 1.29 is 37.1 Å². The van der Waals surface area contributed by atoms with E-state index in [0.29, 0.717) is 52.8 Å². The van der Waals surface area contributed by atoms with E-state index in [0.717, 1.165) is 19.3 Å². The van der Waals surface area contributed by atoms with E-state index in [-0.39, 0.29) is 18.9 Å². The van der Waals surface area contributed by atoms with Crippen LogP contribution in [-0.4, -0.2) is 55.9 Å². The van der Waals surface area contributed by atoms with Crippen LogP contribution in [0.4, 0.5) is 13.2 Å². The van der Waals surface area contributed by atoms with E-state index in [2.05, 4.69) is 52.5 Å². The summed E-state index contributed by atoms with van der Waals surface area (Å²) in [6, 6.07) is 3.23. The molecule has 9 nitrogen and oxygen atoms in total. The number of carbonyl (C=O) groups is 3. The van der Waals surface area contributed by atoms with Crippen molar-refractivity contribution >= 4 is 55.4 Å². The molecule has 0 aromatic heterocycles. The minimum atomic E-state index is -5.25. The molecule has 0 spiro atoms. The number of halogens is 5. The van der Waals surface area contributed by atoms with Gasteiger partial charge in [-0.25, -0.2) is 4.79 Å². The Bertz CT molecular complexity index is 906.